The van der Waals surface area contributed by atoms with Gasteiger partial charge in [-0.25, -0.2) is 0 Å². The molecule has 0 aromatic rings. The molecule has 0 aromatic heterocycles. The second-order valence-electron chi connectivity index (χ2n) is 6.38. The molecule has 0 aliphatic carbocycles. The average Bonchev–Trinajstić information content (AvgIpc) is 2.35. The van der Waals surface area contributed by atoms with Gasteiger partial charge in [0.1, 0.15) is 0 Å². The van der Waals surface area contributed by atoms with E-state index in [1.165, 1.54) is 0 Å². The van der Waals surface area contributed by atoms with E-state index in [1.807, 2.05) is 0 Å². The molecule has 3 atom stereocenters. The number of rotatable bonds is 3. The second kappa shape index (κ2) is 6.33. The summed E-state index contributed by atoms with van der Waals surface area (Å²) in [5.41, 5.74) is 5.92. The van der Waals surface area contributed by atoms with Crippen molar-refractivity contribution in [2.45, 2.75) is 38.8 Å². The van der Waals surface area contributed by atoms with E-state index in [1.54, 1.807) is 0 Å². The molecule has 0 amide bonds. The zero-order valence-corrected chi connectivity index (χ0v) is 11.9. The van der Waals surface area contributed by atoms with Gasteiger partial charge in [0.2, 0.25) is 0 Å². The lowest BCUT2D eigenvalue weighted by Gasteiger charge is -2.40. The van der Waals surface area contributed by atoms with Crippen LogP contribution in [0.15, 0.2) is 0 Å². The van der Waals surface area contributed by atoms with Crippen molar-refractivity contribution >= 4 is 0 Å². The van der Waals surface area contributed by atoms with Crippen LogP contribution >= 0.6 is 0 Å². The van der Waals surface area contributed by atoms with Gasteiger partial charge in [-0.05, 0) is 37.8 Å². The molecule has 3 N–H and O–H groups in total. The van der Waals surface area contributed by atoms with E-state index in [-0.39, 0.29) is 6.10 Å². The molecule has 2 fully saturated rings. The number of aliphatic hydroxyl groups is 1. The van der Waals surface area contributed by atoms with E-state index in [4.69, 9.17) is 5.73 Å². The van der Waals surface area contributed by atoms with Crippen molar-refractivity contribution in [2.75, 3.05) is 39.3 Å². The maximum absolute atomic E-state index is 9.96. The van der Waals surface area contributed by atoms with Crippen LogP contribution in [0.1, 0.15) is 26.7 Å². The summed E-state index contributed by atoms with van der Waals surface area (Å²) in [4.78, 5) is 5.04. The molecule has 2 heterocycles. The summed E-state index contributed by atoms with van der Waals surface area (Å²) in [5, 5.41) is 9.96. The van der Waals surface area contributed by atoms with Gasteiger partial charge in [0.05, 0.1) is 6.10 Å². The van der Waals surface area contributed by atoms with Gasteiger partial charge in [0.25, 0.3) is 0 Å². The van der Waals surface area contributed by atoms with Crippen molar-refractivity contribution in [1.29, 1.82) is 0 Å². The maximum atomic E-state index is 9.96. The third-order valence-electron chi connectivity index (χ3n) is 4.62. The lowest BCUT2D eigenvalue weighted by Crippen LogP contribution is -2.50. The van der Waals surface area contributed by atoms with Gasteiger partial charge < -0.3 is 20.6 Å². The fourth-order valence-electron chi connectivity index (χ4n) is 3.31. The molecular weight excluding hydrogens is 226 g/mol. The van der Waals surface area contributed by atoms with Gasteiger partial charge in [-0.2, -0.15) is 0 Å². The Bertz CT molecular complexity index is 241. The van der Waals surface area contributed by atoms with Crippen molar-refractivity contribution in [3.63, 3.8) is 0 Å². The normalized spacial score (nSPS) is 37.0. The number of piperidine rings is 2. The van der Waals surface area contributed by atoms with Crippen molar-refractivity contribution in [1.82, 2.24) is 9.80 Å². The zero-order chi connectivity index (χ0) is 13.1. The summed E-state index contributed by atoms with van der Waals surface area (Å²) < 4.78 is 0. The van der Waals surface area contributed by atoms with Gasteiger partial charge in [-0.1, -0.05) is 13.8 Å². The minimum absolute atomic E-state index is 0.116. The highest BCUT2D eigenvalue weighted by Crippen LogP contribution is 2.21. The monoisotopic (exact) mass is 255 g/mol. The third kappa shape index (κ3) is 3.67. The fraction of sp³-hybridized carbons (Fsp3) is 1.00. The molecule has 2 rings (SSSR count). The number of likely N-dealkylation sites (tertiary alicyclic amines) is 2. The van der Waals surface area contributed by atoms with Crippen molar-refractivity contribution in [2.24, 2.45) is 17.6 Å². The van der Waals surface area contributed by atoms with Crippen molar-refractivity contribution < 1.29 is 5.11 Å². The lowest BCUT2D eigenvalue weighted by molar-refractivity contribution is -0.0108. The number of nitrogens with two attached hydrogens (primary N) is 1. The Morgan fingerprint density at radius 2 is 1.50 bits per heavy atom. The predicted molar refractivity (Wildman–Crippen MR) is 74.4 cm³/mol. The minimum atomic E-state index is -0.116. The molecule has 0 bridgehead atoms. The summed E-state index contributed by atoms with van der Waals surface area (Å²) in [6.45, 7) is 11.0. The summed E-state index contributed by atoms with van der Waals surface area (Å²) in [6.07, 6.45) is 2.17. The minimum Gasteiger partial charge on any atom is -0.392 e. The van der Waals surface area contributed by atoms with E-state index >= 15 is 0 Å². The third-order valence-corrected chi connectivity index (χ3v) is 4.62. The number of hydrogen-bond acceptors (Lipinski definition) is 4. The molecule has 2 unspecified atom stereocenters. The van der Waals surface area contributed by atoms with Gasteiger partial charge in [-0.3, -0.25) is 0 Å². The Balaban J connectivity index is 1.70. The SMILES string of the molecule is CC1CN(CCN2CCC(N)CC2)C[C@H](C)C1O. The molecule has 2 aliphatic heterocycles. The molecule has 4 nitrogen and oxygen atoms in total. The Labute approximate surface area is 111 Å². The Kier molecular flexibility index (Phi) is 5.01. The number of nitrogens with zero attached hydrogens (tertiary/aromatic N) is 2. The molecule has 0 saturated carbocycles. The van der Waals surface area contributed by atoms with Crippen LogP contribution in [0.5, 0.6) is 0 Å². The van der Waals surface area contributed by atoms with Crippen LogP contribution in [0.2, 0.25) is 0 Å². The molecule has 18 heavy (non-hydrogen) atoms. The maximum Gasteiger partial charge on any atom is 0.0615 e. The highest BCUT2D eigenvalue weighted by atomic mass is 16.3. The van der Waals surface area contributed by atoms with E-state index in [0.717, 1.165) is 52.1 Å². The standard InChI is InChI=1S/C14H29N3O/c1-11-9-17(10-12(2)14(11)18)8-7-16-5-3-13(15)4-6-16/h11-14,18H,3-10,15H2,1-2H3/t11-,12?,14?/m0/s1. The van der Waals surface area contributed by atoms with E-state index in [9.17, 15) is 5.11 Å². The Hall–Kier alpha value is -0.160. The first-order valence-corrected chi connectivity index (χ1v) is 7.44. The summed E-state index contributed by atoms with van der Waals surface area (Å²) in [7, 11) is 0. The quantitative estimate of drug-likeness (QED) is 0.764. The van der Waals surface area contributed by atoms with E-state index in [2.05, 4.69) is 23.6 Å². The zero-order valence-electron chi connectivity index (χ0n) is 11.9. The van der Waals surface area contributed by atoms with Crippen LogP contribution in [0.3, 0.4) is 0 Å². The van der Waals surface area contributed by atoms with Crippen molar-refractivity contribution in [3.8, 4) is 0 Å². The van der Waals surface area contributed by atoms with Crippen LogP contribution in [0.4, 0.5) is 0 Å². The fourth-order valence-corrected chi connectivity index (χ4v) is 3.31. The molecule has 106 valence electrons. The lowest BCUT2D eigenvalue weighted by atomic mass is 9.88. The Morgan fingerprint density at radius 3 is 2.06 bits per heavy atom. The smallest absolute Gasteiger partial charge is 0.0615 e. The van der Waals surface area contributed by atoms with Gasteiger partial charge in [0, 0.05) is 32.2 Å². The van der Waals surface area contributed by atoms with Crippen LogP contribution in [-0.4, -0.2) is 66.3 Å². The van der Waals surface area contributed by atoms with Gasteiger partial charge in [-0.15, -0.1) is 0 Å². The molecule has 0 spiro atoms. The molecular formula is C14H29N3O. The molecule has 2 aliphatic rings. The topological polar surface area (TPSA) is 52.7 Å². The first kappa shape index (κ1) is 14.3. The second-order valence-corrected chi connectivity index (χ2v) is 6.38. The van der Waals surface area contributed by atoms with Crippen LogP contribution in [-0.2, 0) is 0 Å². The molecule has 4 heteroatoms. The largest absolute Gasteiger partial charge is 0.392 e. The van der Waals surface area contributed by atoms with Crippen LogP contribution in [0, 0.1) is 11.8 Å². The van der Waals surface area contributed by atoms with Gasteiger partial charge >= 0.3 is 0 Å². The summed E-state index contributed by atoms with van der Waals surface area (Å²) >= 11 is 0. The Morgan fingerprint density at radius 1 is 1.00 bits per heavy atom. The van der Waals surface area contributed by atoms with E-state index in [0.29, 0.717) is 17.9 Å². The predicted octanol–water partition coefficient (Wildman–Crippen LogP) is 0.358. The summed E-state index contributed by atoms with van der Waals surface area (Å²) in [5.74, 6) is 0.812. The van der Waals surface area contributed by atoms with Crippen LogP contribution in [0.25, 0.3) is 0 Å². The van der Waals surface area contributed by atoms with Crippen molar-refractivity contribution in [3.05, 3.63) is 0 Å². The van der Waals surface area contributed by atoms with Gasteiger partial charge in [0.15, 0.2) is 0 Å². The van der Waals surface area contributed by atoms with E-state index < -0.39 is 0 Å². The molecule has 0 aromatic carbocycles. The summed E-state index contributed by atoms with van der Waals surface area (Å²) in [6, 6.07) is 0.423. The first-order valence-electron chi connectivity index (χ1n) is 7.44. The number of aliphatic hydroxyl groups excluding tert-OH is 1. The molecule has 0 radical (unpaired) electrons. The van der Waals surface area contributed by atoms with Crippen LogP contribution < -0.4 is 5.73 Å². The molecule has 2 saturated heterocycles. The average molecular weight is 255 g/mol. The first-order chi connectivity index (χ1) is 8.56. The number of hydrogen-bond donors (Lipinski definition) is 2. The highest BCUT2D eigenvalue weighted by molar-refractivity contribution is 4.83. The highest BCUT2D eigenvalue weighted by Gasteiger charge is 2.30.